The second-order valence-electron chi connectivity index (χ2n) is 5.40. The van der Waals surface area contributed by atoms with E-state index in [0.717, 1.165) is 19.0 Å². The van der Waals surface area contributed by atoms with E-state index in [4.69, 9.17) is 5.73 Å². The maximum atomic E-state index is 5.67. The standard InChI is InChI=1S/C15H23BrN2.ClH/c1-12-9-14(4-5-15(12)16)11-18-8-2-3-13(10-18)6-7-17;/h4-5,9,13H,2-3,6-8,10-11,17H2,1H3;1H. The molecule has 1 aromatic carbocycles. The number of halogens is 2. The zero-order valence-corrected chi connectivity index (χ0v) is 14.0. The quantitative estimate of drug-likeness (QED) is 0.899. The maximum absolute atomic E-state index is 5.67. The summed E-state index contributed by atoms with van der Waals surface area (Å²) in [5.74, 6) is 0.806. The minimum Gasteiger partial charge on any atom is -0.330 e. The summed E-state index contributed by atoms with van der Waals surface area (Å²) in [7, 11) is 0. The van der Waals surface area contributed by atoms with Crippen molar-refractivity contribution in [3.05, 3.63) is 33.8 Å². The molecule has 0 radical (unpaired) electrons. The molecule has 2 rings (SSSR count). The van der Waals surface area contributed by atoms with E-state index in [-0.39, 0.29) is 12.4 Å². The van der Waals surface area contributed by atoms with E-state index in [2.05, 4.69) is 46.0 Å². The van der Waals surface area contributed by atoms with Gasteiger partial charge in [0.1, 0.15) is 0 Å². The minimum absolute atomic E-state index is 0. The molecule has 0 amide bonds. The van der Waals surface area contributed by atoms with Crippen LogP contribution in [0.3, 0.4) is 0 Å². The third kappa shape index (κ3) is 5.07. The van der Waals surface area contributed by atoms with Crippen LogP contribution < -0.4 is 5.73 Å². The van der Waals surface area contributed by atoms with E-state index in [1.807, 2.05) is 0 Å². The molecule has 1 heterocycles. The SMILES string of the molecule is Cc1cc(CN2CCCC(CCN)C2)ccc1Br.Cl. The van der Waals surface area contributed by atoms with Gasteiger partial charge >= 0.3 is 0 Å². The molecule has 108 valence electrons. The largest absolute Gasteiger partial charge is 0.330 e. The monoisotopic (exact) mass is 346 g/mol. The maximum Gasteiger partial charge on any atom is 0.0233 e. The lowest BCUT2D eigenvalue weighted by atomic mass is 9.94. The molecule has 0 saturated carbocycles. The molecule has 1 saturated heterocycles. The lowest BCUT2D eigenvalue weighted by Crippen LogP contribution is -2.35. The van der Waals surface area contributed by atoms with Gasteiger partial charge in [-0.3, -0.25) is 4.90 Å². The molecule has 19 heavy (non-hydrogen) atoms. The molecule has 1 aliphatic heterocycles. The summed E-state index contributed by atoms with van der Waals surface area (Å²) < 4.78 is 1.20. The van der Waals surface area contributed by atoms with Gasteiger partial charge < -0.3 is 5.73 Å². The van der Waals surface area contributed by atoms with E-state index >= 15 is 0 Å². The highest BCUT2D eigenvalue weighted by molar-refractivity contribution is 9.10. The van der Waals surface area contributed by atoms with Crippen LogP contribution in [0.2, 0.25) is 0 Å². The van der Waals surface area contributed by atoms with Crippen molar-refractivity contribution in [3.63, 3.8) is 0 Å². The van der Waals surface area contributed by atoms with Crippen molar-refractivity contribution in [2.45, 2.75) is 32.7 Å². The molecule has 1 atom stereocenters. The lowest BCUT2D eigenvalue weighted by molar-refractivity contribution is 0.163. The smallest absolute Gasteiger partial charge is 0.0233 e. The lowest BCUT2D eigenvalue weighted by Gasteiger charge is -2.32. The molecule has 0 spiro atoms. The van der Waals surface area contributed by atoms with Crippen LogP contribution in [0.15, 0.2) is 22.7 Å². The van der Waals surface area contributed by atoms with Crippen molar-refractivity contribution in [1.82, 2.24) is 4.90 Å². The summed E-state index contributed by atoms with van der Waals surface area (Å²) in [5.41, 5.74) is 8.41. The van der Waals surface area contributed by atoms with Gasteiger partial charge in [-0.2, -0.15) is 0 Å². The van der Waals surface area contributed by atoms with Crippen molar-refractivity contribution in [2.24, 2.45) is 11.7 Å². The first-order valence-corrected chi connectivity index (χ1v) is 7.66. The molecule has 0 aliphatic carbocycles. The Morgan fingerprint density at radius 3 is 2.89 bits per heavy atom. The molecule has 0 aromatic heterocycles. The van der Waals surface area contributed by atoms with Crippen molar-refractivity contribution >= 4 is 28.3 Å². The average molecular weight is 348 g/mol. The number of nitrogens with zero attached hydrogens (tertiary/aromatic N) is 1. The first-order chi connectivity index (χ1) is 8.69. The molecular weight excluding hydrogens is 324 g/mol. The fourth-order valence-electron chi connectivity index (χ4n) is 2.83. The van der Waals surface area contributed by atoms with E-state index < -0.39 is 0 Å². The summed E-state index contributed by atoms with van der Waals surface area (Å²) in [5, 5.41) is 0. The molecule has 1 fully saturated rings. The number of nitrogens with two attached hydrogens (primary N) is 1. The van der Waals surface area contributed by atoms with E-state index in [0.29, 0.717) is 0 Å². The van der Waals surface area contributed by atoms with Gasteiger partial charge in [-0.25, -0.2) is 0 Å². The van der Waals surface area contributed by atoms with Crippen molar-refractivity contribution in [3.8, 4) is 0 Å². The van der Waals surface area contributed by atoms with Crippen LogP contribution in [0.1, 0.15) is 30.4 Å². The highest BCUT2D eigenvalue weighted by Crippen LogP contribution is 2.22. The Kier molecular flexibility index (Phi) is 7.37. The second-order valence-corrected chi connectivity index (χ2v) is 6.26. The number of hydrogen-bond acceptors (Lipinski definition) is 2. The first kappa shape index (κ1) is 17.0. The predicted octanol–water partition coefficient (Wildman–Crippen LogP) is 3.74. The number of likely N-dealkylation sites (tertiary alicyclic amines) is 1. The van der Waals surface area contributed by atoms with E-state index in [1.54, 1.807) is 0 Å². The molecule has 1 unspecified atom stereocenters. The first-order valence-electron chi connectivity index (χ1n) is 6.86. The molecular formula is C15H24BrClN2. The van der Waals surface area contributed by atoms with Gasteiger partial charge in [-0.05, 0) is 62.4 Å². The van der Waals surface area contributed by atoms with Crippen LogP contribution >= 0.6 is 28.3 Å². The van der Waals surface area contributed by atoms with Gasteiger partial charge in [0.2, 0.25) is 0 Å². The Morgan fingerprint density at radius 1 is 1.42 bits per heavy atom. The van der Waals surface area contributed by atoms with Gasteiger partial charge in [-0.1, -0.05) is 28.1 Å². The molecule has 0 bridgehead atoms. The molecule has 2 nitrogen and oxygen atoms in total. The molecule has 1 aromatic rings. The third-order valence-electron chi connectivity index (χ3n) is 3.81. The van der Waals surface area contributed by atoms with Gasteiger partial charge in [0.15, 0.2) is 0 Å². The van der Waals surface area contributed by atoms with Crippen LogP contribution in [0, 0.1) is 12.8 Å². The number of rotatable bonds is 4. The van der Waals surface area contributed by atoms with Crippen LogP contribution in [-0.4, -0.2) is 24.5 Å². The Balaban J connectivity index is 0.00000180. The highest BCUT2D eigenvalue weighted by atomic mass is 79.9. The molecule has 4 heteroatoms. The molecule has 2 N–H and O–H groups in total. The van der Waals surface area contributed by atoms with E-state index in [1.165, 1.54) is 48.0 Å². The predicted molar refractivity (Wildman–Crippen MR) is 87.8 cm³/mol. The summed E-state index contributed by atoms with van der Waals surface area (Å²) in [6.45, 7) is 6.51. The zero-order valence-electron chi connectivity index (χ0n) is 11.6. The van der Waals surface area contributed by atoms with Crippen molar-refractivity contribution in [1.29, 1.82) is 0 Å². The van der Waals surface area contributed by atoms with Gasteiger partial charge in [-0.15, -0.1) is 12.4 Å². The summed E-state index contributed by atoms with van der Waals surface area (Å²) >= 11 is 3.56. The Labute approximate surface area is 131 Å². The summed E-state index contributed by atoms with van der Waals surface area (Å²) in [4.78, 5) is 2.58. The van der Waals surface area contributed by atoms with Gasteiger partial charge in [0, 0.05) is 17.6 Å². The highest BCUT2D eigenvalue weighted by Gasteiger charge is 2.19. The Bertz CT molecular complexity index is 396. The van der Waals surface area contributed by atoms with Crippen LogP contribution in [0.5, 0.6) is 0 Å². The van der Waals surface area contributed by atoms with Gasteiger partial charge in [0.05, 0.1) is 0 Å². The third-order valence-corrected chi connectivity index (χ3v) is 4.70. The Morgan fingerprint density at radius 2 is 2.21 bits per heavy atom. The van der Waals surface area contributed by atoms with Gasteiger partial charge in [0.25, 0.3) is 0 Å². The second kappa shape index (κ2) is 8.25. The number of hydrogen-bond donors (Lipinski definition) is 1. The van der Waals surface area contributed by atoms with Crippen molar-refractivity contribution in [2.75, 3.05) is 19.6 Å². The zero-order chi connectivity index (χ0) is 13.0. The topological polar surface area (TPSA) is 29.3 Å². The Hall–Kier alpha value is -0.0900. The molecule has 1 aliphatic rings. The van der Waals surface area contributed by atoms with Crippen LogP contribution in [0.25, 0.3) is 0 Å². The number of aryl methyl sites for hydroxylation is 1. The number of piperidine rings is 1. The normalized spacial score (nSPS) is 20.1. The van der Waals surface area contributed by atoms with Crippen LogP contribution in [0.4, 0.5) is 0 Å². The summed E-state index contributed by atoms with van der Waals surface area (Å²) in [6, 6.07) is 6.67. The summed E-state index contributed by atoms with van der Waals surface area (Å²) in [6.07, 6.45) is 3.85. The van der Waals surface area contributed by atoms with E-state index in [9.17, 15) is 0 Å². The minimum atomic E-state index is 0. The number of benzene rings is 1. The van der Waals surface area contributed by atoms with Crippen molar-refractivity contribution < 1.29 is 0 Å². The average Bonchev–Trinajstić information content (AvgIpc) is 2.35. The van der Waals surface area contributed by atoms with Crippen LogP contribution in [-0.2, 0) is 6.54 Å². The fraction of sp³-hybridized carbons (Fsp3) is 0.600. The fourth-order valence-corrected chi connectivity index (χ4v) is 3.08.